The Balaban J connectivity index is 2.08. The summed E-state index contributed by atoms with van der Waals surface area (Å²) in [7, 11) is 0. The second kappa shape index (κ2) is 7.32. The van der Waals surface area contributed by atoms with Crippen LogP contribution in [0, 0.1) is 13.8 Å². The third kappa shape index (κ3) is 4.01. The number of hydrogen-bond acceptors (Lipinski definition) is 2. The molecular formula is C18H20ClNO2. The maximum atomic E-state index is 12.4. The fourth-order valence-corrected chi connectivity index (χ4v) is 2.24. The van der Waals surface area contributed by atoms with E-state index in [1.54, 1.807) is 12.1 Å². The number of hydrogen-bond donors (Lipinski definition) is 1. The van der Waals surface area contributed by atoms with Crippen molar-refractivity contribution in [2.24, 2.45) is 0 Å². The summed E-state index contributed by atoms with van der Waals surface area (Å²) in [5, 5.41) is 3.39. The van der Waals surface area contributed by atoms with E-state index in [1.165, 1.54) is 5.56 Å². The average molecular weight is 318 g/mol. The van der Waals surface area contributed by atoms with E-state index >= 15 is 0 Å². The van der Waals surface area contributed by atoms with E-state index in [0.29, 0.717) is 17.2 Å². The van der Waals surface area contributed by atoms with Gasteiger partial charge in [-0.05, 0) is 55.7 Å². The lowest BCUT2D eigenvalue weighted by Gasteiger charge is -2.18. The SMILES string of the molecule is CC[C@H](Oc1ccccc1Cl)C(=O)Nc1ccc(C)c(C)c1. The summed E-state index contributed by atoms with van der Waals surface area (Å²) in [5.74, 6) is 0.344. The molecule has 0 radical (unpaired) electrons. The molecule has 2 aromatic rings. The molecule has 22 heavy (non-hydrogen) atoms. The fourth-order valence-electron chi connectivity index (χ4n) is 2.06. The van der Waals surface area contributed by atoms with E-state index in [4.69, 9.17) is 16.3 Å². The lowest BCUT2D eigenvalue weighted by atomic mass is 10.1. The van der Waals surface area contributed by atoms with Gasteiger partial charge in [0.05, 0.1) is 5.02 Å². The highest BCUT2D eigenvalue weighted by Crippen LogP contribution is 2.25. The van der Waals surface area contributed by atoms with Gasteiger partial charge in [-0.25, -0.2) is 0 Å². The van der Waals surface area contributed by atoms with Crippen LogP contribution in [-0.4, -0.2) is 12.0 Å². The minimum atomic E-state index is -0.582. The predicted octanol–water partition coefficient (Wildman–Crippen LogP) is 4.75. The van der Waals surface area contributed by atoms with Crippen LogP contribution < -0.4 is 10.1 Å². The number of benzene rings is 2. The van der Waals surface area contributed by atoms with E-state index in [2.05, 4.69) is 5.32 Å². The second-order valence-corrected chi connectivity index (χ2v) is 5.64. The number of nitrogens with one attached hydrogen (secondary N) is 1. The number of aryl methyl sites for hydroxylation is 2. The number of ether oxygens (including phenoxy) is 1. The minimum absolute atomic E-state index is 0.175. The molecule has 4 heteroatoms. The Morgan fingerprint density at radius 3 is 2.55 bits per heavy atom. The van der Waals surface area contributed by atoms with E-state index in [0.717, 1.165) is 11.3 Å². The molecule has 1 atom stereocenters. The molecule has 0 saturated carbocycles. The van der Waals surface area contributed by atoms with Crippen molar-refractivity contribution < 1.29 is 9.53 Å². The zero-order valence-corrected chi connectivity index (χ0v) is 13.8. The van der Waals surface area contributed by atoms with E-state index in [9.17, 15) is 4.79 Å². The van der Waals surface area contributed by atoms with Crippen LogP contribution in [0.2, 0.25) is 5.02 Å². The van der Waals surface area contributed by atoms with Crippen molar-refractivity contribution in [3.63, 3.8) is 0 Å². The monoisotopic (exact) mass is 317 g/mol. The summed E-state index contributed by atoms with van der Waals surface area (Å²) in [5.41, 5.74) is 3.10. The Morgan fingerprint density at radius 2 is 1.91 bits per heavy atom. The molecule has 1 N–H and O–H groups in total. The van der Waals surface area contributed by atoms with Gasteiger partial charge in [0.25, 0.3) is 5.91 Å². The smallest absolute Gasteiger partial charge is 0.265 e. The number of amides is 1. The van der Waals surface area contributed by atoms with Crippen LogP contribution in [0.25, 0.3) is 0 Å². The van der Waals surface area contributed by atoms with E-state index in [1.807, 2.05) is 51.1 Å². The van der Waals surface area contributed by atoms with Crippen molar-refractivity contribution in [2.45, 2.75) is 33.3 Å². The number of anilines is 1. The molecule has 116 valence electrons. The molecule has 1 amide bonds. The Morgan fingerprint density at radius 1 is 1.18 bits per heavy atom. The van der Waals surface area contributed by atoms with Crippen LogP contribution in [0.4, 0.5) is 5.69 Å². The van der Waals surface area contributed by atoms with Crippen molar-refractivity contribution in [3.05, 3.63) is 58.6 Å². The Labute approximate surface area is 136 Å². The largest absolute Gasteiger partial charge is 0.479 e. The summed E-state index contributed by atoms with van der Waals surface area (Å²) < 4.78 is 5.74. The molecule has 0 fully saturated rings. The van der Waals surface area contributed by atoms with Crippen molar-refractivity contribution in [2.75, 3.05) is 5.32 Å². The van der Waals surface area contributed by atoms with Gasteiger partial charge < -0.3 is 10.1 Å². The van der Waals surface area contributed by atoms with Gasteiger partial charge in [0, 0.05) is 5.69 Å². The number of halogens is 1. The minimum Gasteiger partial charge on any atom is -0.479 e. The first-order valence-electron chi connectivity index (χ1n) is 7.30. The summed E-state index contributed by atoms with van der Waals surface area (Å²) in [4.78, 5) is 12.4. The molecule has 0 aliphatic heterocycles. The molecular weight excluding hydrogens is 298 g/mol. The van der Waals surface area contributed by atoms with E-state index < -0.39 is 6.10 Å². The normalized spacial score (nSPS) is 11.8. The molecule has 0 bridgehead atoms. The predicted molar refractivity (Wildman–Crippen MR) is 90.7 cm³/mol. The van der Waals surface area contributed by atoms with Crippen molar-refractivity contribution in [1.29, 1.82) is 0 Å². The van der Waals surface area contributed by atoms with Gasteiger partial charge >= 0.3 is 0 Å². The number of para-hydroxylation sites is 1. The molecule has 3 nitrogen and oxygen atoms in total. The molecule has 2 aromatic carbocycles. The highest BCUT2D eigenvalue weighted by atomic mass is 35.5. The zero-order chi connectivity index (χ0) is 16.1. The standard InChI is InChI=1S/C18H20ClNO2/c1-4-16(22-17-8-6-5-7-15(17)19)18(21)20-14-10-9-12(2)13(3)11-14/h5-11,16H,4H2,1-3H3,(H,20,21)/t16-/m0/s1. The summed E-state index contributed by atoms with van der Waals surface area (Å²) in [6.07, 6.45) is -0.0245. The van der Waals surface area contributed by atoms with Crippen LogP contribution in [0.15, 0.2) is 42.5 Å². The highest BCUT2D eigenvalue weighted by Gasteiger charge is 2.19. The summed E-state index contributed by atoms with van der Waals surface area (Å²) in [6, 6.07) is 13.0. The first-order valence-corrected chi connectivity index (χ1v) is 7.68. The molecule has 0 saturated heterocycles. The van der Waals surface area contributed by atoms with Crippen molar-refractivity contribution >= 4 is 23.2 Å². The van der Waals surface area contributed by atoms with E-state index in [-0.39, 0.29) is 5.91 Å². The van der Waals surface area contributed by atoms with Crippen LogP contribution in [-0.2, 0) is 4.79 Å². The van der Waals surface area contributed by atoms with Crippen molar-refractivity contribution in [1.82, 2.24) is 0 Å². The third-order valence-electron chi connectivity index (χ3n) is 3.54. The Hall–Kier alpha value is -2.00. The fraction of sp³-hybridized carbons (Fsp3) is 0.278. The highest BCUT2D eigenvalue weighted by molar-refractivity contribution is 6.32. The van der Waals surface area contributed by atoms with Crippen LogP contribution in [0.5, 0.6) is 5.75 Å². The van der Waals surface area contributed by atoms with Gasteiger partial charge in [-0.15, -0.1) is 0 Å². The maximum absolute atomic E-state index is 12.4. The topological polar surface area (TPSA) is 38.3 Å². The number of rotatable bonds is 5. The first kappa shape index (κ1) is 16.4. The molecule has 0 spiro atoms. The number of carbonyl (C=O) groups excluding carboxylic acids is 1. The van der Waals surface area contributed by atoms with Gasteiger partial charge in [-0.3, -0.25) is 4.79 Å². The Kier molecular flexibility index (Phi) is 5.45. The van der Waals surface area contributed by atoms with Crippen LogP contribution in [0.1, 0.15) is 24.5 Å². The average Bonchev–Trinajstić information content (AvgIpc) is 2.50. The molecule has 0 heterocycles. The third-order valence-corrected chi connectivity index (χ3v) is 3.86. The van der Waals surface area contributed by atoms with Gasteiger partial charge in [0.2, 0.25) is 0 Å². The lowest BCUT2D eigenvalue weighted by molar-refractivity contribution is -0.122. The van der Waals surface area contributed by atoms with Crippen LogP contribution in [0.3, 0.4) is 0 Å². The summed E-state index contributed by atoms with van der Waals surface area (Å²) >= 11 is 6.07. The first-order chi connectivity index (χ1) is 10.5. The molecule has 2 rings (SSSR count). The molecule has 0 aliphatic carbocycles. The van der Waals surface area contributed by atoms with Gasteiger partial charge in [-0.1, -0.05) is 36.7 Å². The molecule has 0 unspecified atom stereocenters. The second-order valence-electron chi connectivity index (χ2n) is 5.23. The molecule has 0 aromatic heterocycles. The van der Waals surface area contributed by atoms with Crippen molar-refractivity contribution in [3.8, 4) is 5.75 Å². The van der Waals surface area contributed by atoms with Gasteiger partial charge in [0.15, 0.2) is 6.10 Å². The molecule has 0 aliphatic rings. The quantitative estimate of drug-likeness (QED) is 0.864. The van der Waals surface area contributed by atoms with Gasteiger partial charge in [-0.2, -0.15) is 0 Å². The lowest BCUT2D eigenvalue weighted by Crippen LogP contribution is -2.32. The number of carbonyl (C=O) groups is 1. The van der Waals surface area contributed by atoms with Crippen LogP contribution >= 0.6 is 11.6 Å². The summed E-state index contributed by atoms with van der Waals surface area (Å²) in [6.45, 7) is 5.96. The van der Waals surface area contributed by atoms with Gasteiger partial charge in [0.1, 0.15) is 5.75 Å². The Bertz CT molecular complexity index is 670. The maximum Gasteiger partial charge on any atom is 0.265 e. The zero-order valence-electron chi connectivity index (χ0n) is 13.0.